The van der Waals surface area contributed by atoms with Crippen molar-refractivity contribution in [3.8, 4) is 0 Å². The Hall–Kier alpha value is -0.119. The van der Waals surface area contributed by atoms with Crippen LogP contribution >= 0.6 is 0 Å². The third kappa shape index (κ3) is 2.27. The van der Waals surface area contributed by atoms with Crippen molar-refractivity contribution in [3.05, 3.63) is 28.5 Å². The van der Waals surface area contributed by atoms with E-state index in [4.69, 9.17) is 5.73 Å². The number of carbonyl (C=O) groups is 1. The second-order valence-corrected chi connectivity index (χ2v) is 10.8. The summed E-state index contributed by atoms with van der Waals surface area (Å²) in [5, 5.41) is 0. The van der Waals surface area contributed by atoms with Crippen molar-refractivity contribution < 1.29 is 26.5 Å². The van der Waals surface area contributed by atoms with Crippen LogP contribution in [0.5, 0.6) is 0 Å². The number of fused-ring (bicyclic) bond motifs is 2. The average molecular weight is 336 g/mol. The maximum atomic E-state index is 12.5. The van der Waals surface area contributed by atoms with E-state index >= 15 is 0 Å². The van der Waals surface area contributed by atoms with Crippen LogP contribution in [-0.4, -0.2) is 14.7 Å². The predicted octanol–water partition coefficient (Wildman–Crippen LogP) is 4.50. The van der Waals surface area contributed by atoms with Crippen LogP contribution in [0.4, 0.5) is 0 Å². The van der Waals surface area contributed by atoms with Crippen molar-refractivity contribution in [2.45, 2.75) is 58.2 Å². The minimum Gasteiger partial charge on any atom is -0.667 e. The van der Waals surface area contributed by atoms with Gasteiger partial charge in [0.1, 0.15) is 0 Å². The fraction of sp³-hybridized carbons (Fsp3) is 0.706. The Balaban J connectivity index is 0.00000161. The average Bonchev–Trinajstić information content (AvgIpc) is 3.02. The van der Waals surface area contributed by atoms with Crippen LogP contribution in [0.2, 0.25) is 18.6 Å². The monoisotopic (exact) mass is 336 g/mol. The zero-order valence-corrected chi connectivity index (χ0v) is 16.3. The van der Waals surface area contributed by atoms with Crippen LogP contribution in [0, 0.1) is 17.3 Å². The molecule has 1 N–H and O–H groups in total. The molecule has 0 aliphatic heterocycles. The summed E-state index contributed by atoms with van der Waals surface area (Å²) < 4.78 is 0. The first-order chi connectivity index (χ1) is 9.38. The number of amides is 1. The van der Waals surface area contributed by atoms with E-state index in [-0.39, 0.29) is 27.6 Å². The maximum Gasteiger partial charge on any atom is 0.0594 e. The van der Waals surface area contributed by atoms with Gasteiger partial charge in [0, 0.05) is 35.9 Å². The molecular weight excluding hydrogens is 310 g/mol. The summed E-state index contributed by atoms with van der Waals surface area (Å²) in [6, 6.07) is 0. The SMILES string of the molecule is CC1=C(C)CC(C2(C([NH-])=O)C3CCC(C3)C2[SiH](C)C)=C1.[Ti]. The molecule has 0 saturated heterocycles. The molecule has 0 heterocycles. The summed E-state index contributed by atoms with van der Waals surface area (Å²) in [6.45, 7) is 9.09. The molecule has 2 fully saturated rings. The van der Waals surface area contributed by atoms with Gasteiger partial charge in [-0.05, 0) is 50.5 Å². The van der Waals surface area contributed by atoms with Crippen molar-refractivity contribution in [1.82, 2.24) is 0 Å². The quantitative estimate of drug-likeness (QED) is 0.700. The van der Waals surface area contributed by atoms with Gasteiger partial charge in [-0.3, -0.25) is 0 Å². The molecule has 4 unspecified atom stereocenters. The molecule has 0 aromatic rings. The van der Waals surface area contributed by atoms with Gasteiger partial charge in [0.25, 0.3) is 0 Å². The summed E-state index contributed by atoms with van der Waals surface area (Å²) in [7, 11) is -0.946. The van der Waals surface area contributed by atoms with Gasteiger partial charge in [0.15, 0.2) is 0 Å². The molecule has 4 heteroatoms. The molecule has 2 nitrogen and oxygen atoms in total. The van der Waals surface area contributed by atoms with Crippen LogP contribution in [0.25, 0.3) is 5.73 Å². The maximum absolute atomic E-state index is 12.5. The van der Waals surface area contributed by atoms with Gasteiger partial charge in [-0.15, -0.1) is 0 Å². The third-order valence-electron chi connectivity index (χ3n) is 6.30. The van der Waals surface area contributed by atoms with Crippen LogP contribution < -0.4 is 0 Å². The van der Waals surface area contributed by atoms with Gasteiger partial charge in [-0.2, -0.15) is 0 Å². The molecule has 0 spiro atoms. The van der Waals surface area contributed by atoms with Crippen molar-refractivity contribution in [2.75, 3.05) is 0 Å². The summed E-state index contributed by atoms with van der Waals surface area (Å²) in [4.78, 5) is 12.5. The summed E-state index contributed by atoms with van der Waals surface area (Å²) in [6.07, 6.45) is 6.87. The van der Waals surface area contributed by atoms with Crippen LogP contribution in [0.3, 0.4) is 0 Å². The molecule has 1 amide bonds. The fourth-order valence-corrected chi connectivity index (χ4v) is 8.68. The predicted molar refractivity (Wildman–Crippen MR) is 86.3 cm³/mol. The Morgan fingerprint density at radius 1 is 1.33 bits per heavy atom. The van der Waals surface area contributed by atoms with Gasteiger partial charge >= 0.3 is 0 Å². The molecule has 0 aromatic heterocycles. The van der Waals surface area contributed by atoms with E-state index in [2.05, 4.69) is 33.0 Å². The first kappa shape index (κ1) is 17.2. The summed E-state index contributed by atoms with van der Waals surface area (Å²) in [5.74, 6) is 0.912. The summed E-state index contributed by atoms with van der Waals surface area (Å²) >= 11 is 0. The van der Waals surface area contributed by atoms with Crippen LogP contribution in [-0.2, 0) is 26.5 Å². The molecule has 0 radical (unpaired) electrons. The largest absolute Gasteiger partial charge is 0.667 e. The van der Waals surface area contributed by atoms with Crippen molar-refractivity contribution in [1.29, 1.82) is 0 Å². The number of rotatable bonds is 3. The minimum absolute atomic E-state index is 0. The van der Waals surface area contributed by atoms with Crippen molar-refractivity contribution >= 4 is 14.7 Å². The van der Waals surface area contributed by atoms with Crippen LogP contribution in [0.15, 0.2) is 22.8 Å². The van der Waals surface area contributed by atoms with Gasteiger partial charge in [-0.1, -0.05) is 42.3 Å². The van der Waals surface area contributed by atoms with E-state index in [0.29, 0.717) is 11.5 Å². The normalized spacial score (nSPS) is 38.0. The molecule has 0 aromatic carbocycles. The number of nitrogens with one attached hydrogen (secondary N) is 1. The molecule has 21 heavy (non-hydrogen) atoms. The zero-order chi connectivity index (χ0) is 14.7. The van der Waals surface area contributed by atoms with Gasteiger partial charge < -0.3 is 10.5 Å². The number of allylic oxidation sites excluding steroid dienone is 3. The topological polar surface area (TPSA) is 40.9 Å². The van der Waals surface area contributed by atoms with Crippen LogP contribution in [0.1, 0.15) is 39.5 Å². The van der Waals surface area contributed by atoms with Gasteiger partial charge in [-0.25, -0.2) is 0 Å². The second-order valence-electron chi connectivity index (χ2n) is 7.55. The number of hydrogen-bond donors (Lipinski definition) is 0. The molecule has 4 atom stereocenters. The Morgan fingerprint density at radius 3 is 2.48 bits per heavy atom. The Morgan fingerprint density at radius 2 is 2.00 bits per heavy atom. The molecule has 2 saturated carbocycles. The molecule has 3 aliphatic rings. The van der Waals surface area contributed by atoms with E-state index < -0.39 is 14.2 Å². The molecule has 3 rings (SSSR count). The Kier molecular flexibility index (Phi) is 4.78. The fourth-order valence-electron chi connectivity index (χ4n) is 5.56. The first-order valence-corrected chi connectivity index (χ1v) is 11.0. The zero-order valence-electron chi connectivity index (χ0n) is 13.6. The van der Waals surface area contributed by atoms with Crippen molar-refractivity contribution in [2.24, 2.45) is 17.3 Å². The standard InChI is InChI=1S/C17H27NOSi.Ti/c1-10-7-14(8-11(10)2)17(16(18)19)13-6-5-12(9-13)15(17)20(3)4;/h7,12-13,15,20H,5-6,8-9H2,1-4H3,(H2,18,19);/p-1. The molecule has 114 valence electrons. The molecule has 3 aliphatic carbocycles. The smallest absolute Gasteiger partial charge is 0.0594 e. The number of carbonyl (C=O) groups excluding carboxylic acids is 1. The van der Waals surface area contributed by atoms with Crippen molar-refractivity contribution in [3.63, 3.8) is 0 Å². The summed E-state index contributed by atoms with van der Waals surface area (Å²) in [5.41, 5.74) is 12.3. The van der Waals surface area contributed by atoms with E-state index in [1.807, 2.05) is 0 Å². The van der Waals surface area contributed by atoms with E-state index in [1.54, 1.807) is 0 Å². The molecular formula is C17H26NOSiTi-. The van der Waals surface area contributed by atoms with Gasteiger partial charge in [0.05, 0.1) is 5.91 Å². The third-order valence-corrected chi connectivity index (χ3v) is 8.80. The Labute approximate surface area is 145 Å². The minimum atomic E-state index is -0.946. The van der Waals surface area contributed by atoms with E-state index in [1.165, 1.54) is 36.0 Å². The number of hydrogen-bond acceptors (Lipinski definition) is 1. The van der Waals surface area contributed by atoms with E-state index in [0.717, 1.165) is 12.3 Å². The Bertz CT molecular complexity index is 525. The second kappa shape index (κ2) is 5.83. The van der Waals surface area contributed by atoms with Gasteiger partial charge in [0.2, 0.25) is 0 Å². The molecule has 2 bridgehead atoms. The first-order valence-electron chi connectivity index (χ1n) is 8.02. The van der Waals surface area contributed by atoms with E-state index in [9.17, 15) is 4.79 Å².